The summed E-state index contributed by atoms with van der Waals surface area (Å²) in [5, 5.41) is 0.999. The average Bonchev–Trinajstić information content (AvgIpc) is 3.23. The minimum Gasteiger partial charge on any atom is -0.452 e. The molecule has 0 radical (unpaired) electrons. The van der Waals surface area contributed by atoms with E-state index in [1.165, 1.54) is 11.1 Å². The molecular formula is C28H18N2O. The van der Waals surface area contributed by atoms with Crippen LogP contribution in [0.1, 0.15) is 0 Å². The van der Waals surface area contributed by atoms with Crippen LogP contribution in [0.5, 0.6) is 0 Å². The van der Waals surface area contributed by atoms with Gasteiger partial charge >= 0.3 is 0 Å². The van der Waals surface area contributed by atoms with E-state index in [-0.39, 0.29) is 0 Å². The van der Waals surface area contributed by atoms with E-state index >= 15 is 0 Å². The second-order valence-electron chi connectivity index (χ2n) is 7.48. The highest BCUT2D eigenvalue weighted by molar-refractivity contribution is 6.07. The second-order valence-corrected chi connectivity index (χ2v) is 7.48. The molecule has 0 atom stereocenters. The predicted molar refractivity (Wildman–Crippen MR) is 126 cm³/mol. The highest BCUT2D eigenvalue weighted by Gasteiger charge is 2.17. The van der Waals surface area contributed by atoms with Crippen LogP contribution in [0.15, 0.2) is 114 Å². The molecule has 0 bridgehead atoms. The lowest BCUT2D eigenvalue weighted by molar-refractivity contribution is 0.667. The number of benzene rings is 4. The molecule has 0 aliphatic carbocycles. The van der Waals surface area contributed by atoms with E-state index in [1.54, 1.807) is 0 Å². The lowest BCUT2D eigenvalue weighted by atomic mass is 10.0. The van der Waals surface area contributed by atoms with E-state index in [2.05, 4.69) is 48.5 Å². The molecule has 0 spiro atoms. The summed E-state index contributed by atoms with van der Waals surface area (Å²) >= 11 is 0. The first kappa shape index (κ1) is 17.6. The lowest BCUT2D eigenvalue weighted by Gasteiger charge is -2.07. The van der Waals surface area contributed by atoms with Crippen LogP contribution in [0.25, 0.3) is 55.8 Å². The summed E-state index contributed by atoms with van der Waals surface area (Å²) in [5.74, 6) is 0.696. The first-order chi connectivity index (χ1) is 15.4. The van der Waals surface area contributed by atoms with E-state index in [1.807, 2.05) is 60.7 Å². The van der Waals surface area contributed by atoms with Gasteiger partial charge in [-0.25, -0.2) is 9.97 Å². The Morgan fingerprint density at radius 2 is 1.06 bits per heavy atom. The van der Waals surface area contributed by atoms with Crippen molar-refractivity contribution in [2.75, 3.05) is 0 Å². The van der Waals surface area contributed by atoms with Crippen LogP contribution >= 0.6 is 0 Å². The molecule has 0 aliphatic rings. The van der Waals surface area contributed by atoms with Gasteiger partial charge in [-0.1, -0.05) is 97.1 Å². The molecule has 3 heteroatoms. The van der Waals surface area contributed by atoms with Gasteiger partial charge in [-0.2, -0.15) is 0 Å². The Hall–Kier alpha value is -4.24. The van der Waals surface area contributed by atoms with Crippen LogP contribution in [-0.2, 0) is 0 Å². The fourth-order valence-corrected chi connectivity index (χ4v) is 3.95. The van der Waals surface area contributed by atoms with Gasteiger partial charge in [0.2, 0.25) is 0 Å². The summed E-state index contributed by atoms with van der Waals surface area (Å²) in [6.45, 7) is 0. The van der Waals surface area contributed by atoms with Crippen molar-refractivity contribution in [2.24, 2.45) is 0 Å². The number of aromatic nitrogens is 2. The third kappa shape index (κ3) is 3.08. The molecule has 31 heavy (non-hydrogen) atoms. The van der Waals surface area contributed by atoms with Gasteiger partial charge in [0.25, 0.3) is 0 Å². The Bertz CT molecular complexity index is 1500. The lowest BCUT2D eigenvalue weighted by Crippen LogP contribution is -1.93. The molecule has 0 unspecified atom stereocenters. The summed E-state index contributed by atoms with van der Waals surface area (Å²) in [6.07, 6.45) is 0. The second kappa shape index (κ2) is 7.22. The number of para-hydroxylation sites is 1. The fourth-order valence-electron chi connectivity index (χ4n) is 3.95. The SMILES string of the molecule is c1ccc(-c2ccc(-c3nc(-c4ccccc4)nc4c3oc3ccccc34)cc2)cc1. The van der Waals surface area contributed by atoms with E-state index < -0.39 is 0 Å². The van der Waals surface area contributed by atoms with Crippen molar-refractivity contribution in [3.8, 4) is 33.8 Å². The maximum atomic E-state index is 6.22. The molecule has 2 aromatic heterocycles. The molecule has 0 amide bonds. The summed E-state index contributed by atoms with van der Waals surface area (Å²) < 4.78 is 6.22. The first-order valence-electron chi connectivity index (χ1n) is 10.3. The van der Waals surface area contributed by atoms with Gasteiger partial charge in [0.05, 0.1) is 0 Å². The third-order valence-corrected chi connectivity index (χ3v) is 5.52. The standard InChI is InChI=1S/C28H18N2O/c1-3-9-19(10-4-1)20-15-17-21(18-16-20)25-27-26(23-13-7-8-14-24(23)31-27)30-28(29-25)22-11-5-2-6-12-22/h1-18H. The summed E-state index contributed by atoms with van der Waals surface area (Å²) in [6, 6.07) is 36.9. The molecular weight excluding hydrogens is 380 g/mol. The molecule has 6 aromatic rings. The molecule has 0 saturated heterocycles. The normalized spacial score (nSPS) is 11.2. The van der Waals surface area contributed by atoms with Crippen molar-refractivity contribution < 1.29 is 4.42 Å². The van der Waals surface area contributed by atoms with E-state index in [9.17, 15) is 0 Å². The van der Waals surface area contributed by atoms with Gasteiger partial charge in [0.1, 0.15) is 16.8 Å². The average molecular weight is 398 g/mol. The van der Waals surface area contributed by atoms with Crippen LogP contribution in [0.3, 0.4) is 0 Å². The fraction of sp³-hybridized carbons (Fsp3) is 0. The Labute approximate surface area is 179 Å². The summed E-state index contributed by atoms with van der Waals surface area (Å²) in [7, 11) is 0. The van der Waals surface area contributed by atoms with Gasteiger partial charge < -0.3 is 4.42 Å². The van der Waals surface area contributed by atoms with E-state index in [0.29, 0.717) is 11.4 Å². The molecule has 0 fully saturated rings. The Morgan fingerprint density at radius 3 is 1.81 bits per heavy atom. The molecule has 146 valence electrons. The molecule has 4 aromatic carbocycles. The topological polar surface area (TPSA) is 38.9 Å². The minimum absolute atomic E-state index is 0.696. The zero-order valence-corrected chi connectivity index (χ0v) is 16.7. The Balaban J connectivity index is 1.58. The number of hydrogen-bond acceptors (Lipinski definition) is 3. The van der Waals surface area contributed by atoms with E-state index in [4.69, 9.17) is 14.4 Å². The van der Waals surface area contributed by atoms with Crippen LogP contribution < -0.4 is 0 Å². The third-order valence-electron chi connectivity index (χ3n) is 5.52. The summed E-state index contributed by atoms with van der Waals surface area (Å²) in [4.78, 5) is 9.81. The van der Waals surface area contributed by atoms with Crippen molar-refractivity contribution in [1.82, 2.24) is 9.97 Å². The van der Waals surface area contributed by atoms with Crippen LogP contribution in [-0.4, -0.2) is 9.97 Å². The largest absolute Gasteiger partial charge is 0.452 e. The predicted octanol–water partition coefficient (Wildman–Crippen LogP) is 7.38. The molecule has 0 N–H and O–H groups in total. The van der Waals surface area contributed by atoms with Crippen LogP contribution in [0.2, 0.25) is 0 Å². The quantitative estimate of drug-likeness (QED) is 0.312. The molecule has 3 nitrogen and oxygen atoms in total. The molecule has 6 rings (SSSR count). The Kier molecular flexibility index (Phi) is 4.10. The molecule has 2 heterocycles. The minimum atomic E-state index is 0.696. The highest BCUT2D eigenvalue weighted by atomic mass is 16.3. The molecule has 0 aliphatic heterocycles. The monoisotopic (exact) mass is 398 g/mol. The van der Waals surface area contributed by atoms with Crippen molar-refractivity contribution in [2.45, 2.75) is 0 Å². The summed E-state index contributed by atoms with van der Waals surface area (Å²) in [5.41, 5.74) is 7.53. The van der Waals surface area contributed by atoms with Crippen molar-refractivity contribution in [1.29, 1.82) is 0 Å². The van der Waals surface area contributed by atoms with Gasteiger partial charge in [0, 0.05) is 16.5 Å². The molecule has 0 saturated carbocycles. The maximum Gasteiger partial charge on any atom is 0.180 e. The van der Waals surface area contributed by atoms with Crippen LogP contribution in [0.4, 0.5) is 0 Å². The number of hydrogen-bond donors (Lipinski definition) is 0. The van der Waals surface area contributed by atoms with Crippen molar-refractivity contribution in [3.63, 3.8) is 0 Å². The Morgan fingerprint density at radius 1 is 0.484 bits per heavy atom. The highest BCUT2D eigenvalue weighted by Crippen LogP contribution is 2.36. The zero-order valence-electron chi connectivity index (χ0n) is 16.7. The first-order valence-corrected chi connectivity index (χ1v) is 10.3. The number of rotatable bonds is 3. The van der Waals surface area contributed by atoms with Crippen LogP contribution in [0, 0.1) is 0 Å². The van der Waals surface area contributed by atoms with Gasteiger partial charge in [-0.05, 0) is 23.3 Å². The van der Waals surface area contributed by atoms with Crippen molar-refractivity contribution in [3.05, 3.63) is 109 Å². The smallest absolute Gasteiger partial charge is 0.180 e. The maximum absolute atomic E-state index is 6.22. The van der Waals surface area contributed by atoms with Gasteiger partial charge in [-0.15, -0.1) is 0 Å². The number of nitrogens with zero attached hydrogens (tertiary/aromatic N) is 2. The van der Waals surface area contributed by atoms with E-state index in [0.717, 1.165) is 33.3 Å². The number of furan rings is 1. The van der Waals surface area contributed by atoms with Crippen molar-refractivity contribution >= 4 is 22.1 Å². The number of fused-ring (bicyclic) bond motifs is 3. The van der Waals surface area contributed by atoms with Gasteiger partial charge in [0.15, 0.2) is 11.4 Å². The zero-order chi connectivity index (χ0) is 20.6. The van der Waals surface area contributed by atoms with Gasteiger partial charge in [-0.3, -0.25) is 0 Å².